The van der Waals surface area contributed by atoms with Crippen molar-refractivity contribution in [1.29, 1.82) is 0 Å². The number of amides is 3. The van der Waals surface area contributed by atoms with Gasteiger partial charge in [-0.05, 0) is 31.0 Å². The van der Waals surface area contributed by atoms with Gasteiger partial charge in [-0.2, -0.15) is 0 Å². The number of rotatable bonds is 5. The predicted molar refractivity (Wildman–Crippen MR) is 124 cm³/mol. The lowest BCUT2D eigenvalue weighted by atomic mass is 9.95. The lowest BCUT2D eigenvalue weighted by Gasteiger charge is -2.44. The molecule has 3 amide bonds. The van der Waals surface area contributed by atoms with Crippen LogP contribution in [0.3, 0.4) is 0 Å². The van der Waals surface area contributed by atoms with Crippen LogP contribution in [0.25, 0.3) is 0 Å². The number of hydrogen-bond donors (Lipinski definition) is 3. The minimum absolute atomic E-state index is 0.0927. The predicted octanol–water partition coefficient (Wildman–Crippen LogP) is 2.67. The van der Waals surface area contributed by atoms with Crippen molar-refractivity contribution in [1.82, 2.24) is 10.2 Å². The maximum atomic E-state index is 13.8. The van der Waals surface area contributed by atoms with E-state index in [1.165, 1.54) is 6.07 Å². The summed E-state index contributed by atoms with van der Waals surface area (Å²) in [5, 5.41) is 15.9. The molecule has 4 atom stereocenters. The molecular weight excluding hydrogens is 441 g/mol. The molecule has 0 unspecified atom stereocenters. The quantitative estimate of drug-likeness (QED) is 0.623. The number of carbonyl (C=O) groups excluding carboxylic acids is 2. The number of nitrogens with one attached hydrogen (secondary N) is 2. The summed E-state index contributed by atoms with van der Waals surface area (Å²) in [6.07, 6.45) is -0.255. The molecule has 0 spiro atoms. The molecular formula is C25H30FN3O5. The van der Waals surface area contributed by atoms with Crippen LogP contribution in [0.5, 0.6) is 0 Å². The summed E-state index contributed by atoms with van der Waals surface area (Å²) < 4.78 is 25.6. The molecule has 2 heterocycles. The molecule has 2 aromatic rings. The lowest BCUT2D eigenvalue weighted by Crippen LogP contribution is -2.58. The molecule has 182 valence electrons. The lowest BCUT2D eigenvalue weighted by molar-refractivity contribution is -0.149. The average Bonchev–Trinajstić information content (AvgIpc) is 2.82. The molecule has 2 fully saturated rings. The van der Waals surface area contributed by atoms with Gasteiger partial charge in [-0.1, -0.05) is 36.4 Å². The fourth-order valence-corrected chi connectivity index (χ4v) is 4.41. The Morgan fingerprint density at radius 2 is 1.82 bits per heavy atom. The smallest absolute Gasteiger partial charge is 0.322 e. The molecule has 2 aliphatic heterocycles. The second-order valence-electron chi connectivity index (χ2n) is 8.65. The van der Waals surface area contributed by atoms with Crippen molar-refractivity contribution >= 4 is 17.6 Å². The zero-order chi connectivity index (χ0) is 23.9. The Bertz CT molecular complexity index is 976. The van der Waals surface area contributed by atoms with Crippen molar-refractivity contribution in [3.63, 3.8) is 0 Å². The van der Waals surface area contributed by atoms with E-state index in [2.05, 4.69) is 10.6 Å². The van der Waals surface area contributed by atoms with E-state index in [-0.39, 0.29) is 62.6 Å². The number of hydrogen-bond acceptors (Lipinski definition) is 5. The molecule has 0 aromatic heterocycles. The van der Waals surface area contributed by atoms with Gasteiger partial charge in [-0.25, -0.2) is 9.18 Å². The van der Waals surface area contributed by atoms with Crippen molar-refractivity contribution in [2.75, 3.05) is 25.1 Å². The van der Waals surface area contributed by atoms with E-state index < -0.39 is 12.2 Å². The molecule has 0 aliphatic carbocycles. The van der Waals surface area contributed by atoms with E-state index in [9.17, 15) is 19.1 Å². The molecule has 8 nitrogen and oxygen atoms in total. The van der Waals surface area contributed by atoms with Crippen LogP contribution in [-0.4, -0.2) is 66.1 Å². The van der Waals surface area contributed by atoms with Crippen molar-refractivity contribution in [2.45, 2.75) is 50.2 Å². The first-order chi connectivity index (χ1) is 16.5. The Labute approximate surface area is 198 Å². The molecule has 34 heavy (non-hydrogen) atoms. The van der Waals surface area contributed by atoms with E-state index in [1.54, 1.807) is 35.2 Å². The number of fused-ring (bicyclic) bond motifs is 1. The average molecular weight is 472 g/mol. The summed E-state index contributed by atoms with van der Waals surface area (Å²) in [6, 6.07) is 14.8. The number of anilines is 1. The van der Waals surface area contributed by atoms with Gasteiger partial charge >= 0.3 is 6.03 Å². The first kappa shape index (κ1) is 24.1. The number of β-amino-alcohol motifs (C(OH)–C–C–N with tert-alkyl or cyclic N) is 1. The van der Waals surface area contributed by atoms with Crippen molar-refractivity contribution in [3.05, 3.63) is 66.0 Å². The van der Waals surface area contributed by atoms with Gasteiger partial charge in [0.1, 0.15) is 11.9 Å². The number of aliphatic hydroxyl groups excluding tert-OH is 1. The van der Waals surface area contributed by atoms with Gasteiger partial charge in [0, 0.05) is 17.8 Å². The fraction of sp³-hybridized carbons (Fsp3) is 0.440. The van der Waals surface area contributed by atoms with Crippen LogP contribution >= 0.6 is 0 Å². The number of carbonyl (C=O) groups is 2. The van der Waals surface area contributed by atoms with Gasteiger partial charge < -0.3 is 30.1 Å². The number of nitrogens with zero attached hydrogens (tertiary/aromatic N) is 1. The highest BCUT2D eigenvalue weighted by atomic mass is 19.1. The number of aliphatic hydroxyl groups is 1. The highest BCUT2D eigenvalue weighted by molar-refractivity contribution is 5.89. The molecule has 2 aromatic carbocycles. The van der Waals surface area contributed by atoms with Gasteiger partial charge in [0.25, 0.3) is 0 Å². The minimum Gasteiger partial charge on any atom is -0.389 e. The maximum Gasteiger partial charge on any atom is 0.322 e. The standard InChI is InChI=1S/C25H30FN3O5/c26-21-9-5-4-6-17(21)13-27-24(31)12-20-10-11-22-23(34-20)16-33-15-19(30)14-29(22)25(32)28-18-7-2-1-3-8-18/h1-9,19-20,22-23,30H,10-16H2,(H,27,31)(H,28,32)/t19-,20-,22+,23-/m1/s1. The highest BCUT2D eigenvalue weighted by Crippen LogP contribution is 2.28. The third-order valence-corrected chi connectivity index (χ3v) is 6.11. The number of ether oxygens (including phenoxy) is 2. The van der Waals surface area contributed by atoms with E-state index in [0.29, 0.717) is 24.1 Å². The van der Waals surface area contributed by atoms with Gasteiger partial charge in [0.05, 0.1) is 44.4 Å². The number of urea groups is 1. The normalized spacial score (nSPS) is 24.9. The maximum absolute atomic E-state index is 13.8. The molecule has 4 rings (SSSR count). The zero-order valence-electron chi connectivity index (χ0n) is 18.9. The Kier molecular flexibility index (Phi) is 8.10. The van der Waals surface area contributed by atoms with Gasteiger partial charge in [-0.3, -0.25) is 4.79 Å². The minimum atomic E-state index is -0.802. The van der Waals surface area contributed by atoms with Crippen LogP contribution in [-0.2, 0) is 20.8 Å². The van der Waals surface area contributed by atoms with E-state index >= 15 is 0 Å². The van der Waals surface area contributed by atoms with E-state index in [1.807, 2.05) is 18.2 Å². The Balaban J connectivity index is 1.35. The largest absolute Gasteiger partial charge is 0.389 e. The number of benzene rings is 2. The first-order valence-electron chi connectivity index (χ1n) is 11.5. The summed E-state index contributed by atoms with van der Waals surface area (Å²) in [5.41, 5.74) is 1.09. The van der Waals surface area contributed by atoms with E-state index in [0.717, 1.165) is 0 Å². The second-order valence-corrected chi connectivity index (χ2v) is 8.65. The van der Waals surface area contributed by atoms with Crippen LogP contribution in [0.2, 0.25) is 0 Å². The highest BCUT2D eigenvalue weighted by Gasteiger charge is 2.40. The summed E-state index contributed by atoms with van der Waals surface area (Å²) in [7, 11) is 0. The first-order valence-corrected chi connectivity index (χ1v) is 11.5. The number of para-hydroxylation sites is 1. The monoisotopic (exact) mass is 471 g/mol. The third-order valence-electron chi connectivity index (χ3n) is 6.11. The molecule has 0 saturated carbocycles. The molecule has 3 N–H and O–H groups in total. The topological polar surface area (TPSA) is 100 Å². The van der Waals surface area contributed by atoms with Gasteiger partial charge in [0.15, 0.2) is 0 Å². The Hall–Kier alpha value is -3.01. The molecule has 0 radical (unpaired) electrons. The molecule has 2 saturated heterocycles. The molecule has 0 bridgehead atoms. The summed E-state index contributed by atoms with van der Waals surface area (Å²) in [6.45, 7) is 0.537. The van der Waals surface area contributed by atoms with Crippen LogP contribution in [0, 0.1) is 5.82 Å². The molecule has 2 aliphatic rings. The zero-order valence-corrected chi connectivity index (χ0v) is 18.9. The fourth-order valence-electron chi connectivity index (χ4n) is 4.41. The summed E-state index contributed by atoms with van der Waals surface area (Å²) in [5.74, 6) is -0.588. The number of halogens is 1. The molecule has 9 heteroatoms. The van der Waals surface area contributed by atoms with Crippen LogP contribution in [0.1, 0.15) is 24.8 Å². The second kappa shape index (κ2) is 11.4. The third kappa shape index (κ3) is 6.31. The Morgan fingerprint density at radius 1 is 1.06 bits per heavy atom. The van der Waals surface area contributed by atoms with Crippen LogP contribution < -0.4 is 10.6 Å². The van der Waals surface area contributed by atoms with Gasteiger partial charge in [-0.15, -0.1) is 0 Å². The van der Waals surface area contributed by atoms with Crippen molar-refractivity contribution < 1.29 is 28.6 Å². The summed E-state index contributed by atoms with van der Waals surface area (Å²) >= 11 is 0. The Morgan fingerprint density at radius 3 is 2.62 bits per heavy atom. The van der Waals surface area contributed by atoms with Gasteiger partial charge in [0.2, 0.25) is 5.91 Å². The SMILES string of the molecule is O=C(C[C@H]1CC[C@H]2[C@@H](COC[C@H](O)CN2C(=O)Nc2ccccc2)O1)NCc1ccccc1F. The summed E-state index contributed by atoms with van der Waals surface area (Å²) in [4.78, 5) is 27.1. The van der Waals surface area contributed by atoms with Crippen LogP contribution in [0.15, 0.2) is 54.6 Å². The van der Waals surface area contributed by atoms with Crippen molar-refractivity contribution in [3.8, 4) is 0 Å². The van der Waals surface area contributed by atoms with Crippen molar-refractivity contribution in [2.24, 2.45) is 0 Å². The van der Waals surface area contributed by atoms with Crippen LogP contribution in [0.4, 0.5) is 14.9 Å². The van der Waals surface area contributed by atoms with E-state index in [4.69, 9.17) is 9.47 Å².